The van der Waals surface area contributed by atoms with Crippen molar-refractivity contribution in [3.05, 3.63) is 34.3 Å². The monoisotopic (exact) mass is 269 g/mol. The van der Waals surface area contributed by atoms with Gasteiger partial charge in [-0.05, 0) is 37.0 Å². The first-order valence-electron chi connectivity index (χ1n) is 6.12. The largest absolute Gasteiger partial charge is 0.391 e. The molecule has 18 heavy (non-hydrogen) atoms. The van der Waals surface area contributed by atoms with Gasteiger partial charge in [0.05, 0.1) is 6.10 Å². The van der Waals surface area contributed by atoms with Gasteiger partial charge < -0.3 is 10.4 Å². The Labute approximate surface area is 113 Å². The molecule has 0 radical (unpaired) electrons. The summed E-state index contributed by atoms with van der Waals surface area (Å²) in [6, 6.07) is 5.17. The number of carbonyl (C=O) groups excluding carboxylic acids is 1. The van der Waals surface area contributed by atoms with Crippen LogP contribution in [0.1, 0.15) is 36.2 Å². The van der Waals surface area contributed by atoms with Crippen LogP contribution in [0.4, 0.5) is 0 Å². The van der Waals surface area contributed by atoms with Crippen molar-refractivity contribution in [2.45, 2.75) is 33.3 Å². The van der Waals surface area contributed by atoms with Gasteiger partial charge in [-0.2, -0.15) is 0 Å². The molecular weight excluding hydrogens is 250 g/mol. The molecule has 0 spiro atoms. The highest BCUT2D eigenvalue weighted by Gasteiger charge is 2.11. The van der Waals surface area contributed by atoms with E-state index in [-0.39, 0.29) is 12.5 Å². The fourth-order valence-corrected chi connectivity index (χ4v) is 1.85. The summed E-state index contributed by atoms with van der Waals surface area (Å²) in [4.78, 5) is 11.8. The molecular formula is C14H20ClNO2. The standard InChI is InChI=1S/C14H20ClNO2/c1-9(2)6-12(17)8-16-14(18)11-5-4-10(3)13(15)7-11/h4-5,7,9,12,17H,6,8H2,1-3H3,(H,16,18). The van der Waals surface area contributed by atoms with Crippen molar-refractivity contribution in [2.75, 3.05) is 6.54 Å². The summed E-state index contributed by atoms with van der Waals surface area (Å²) in [7, 11) is 0. The smallest absolute Gasteiger partial charge is 0.251 e. The van der Waals surface area contributed by atoms with E-state index in [0.717, 1.165) is 5.56 Å². The maximum atomic E-state index is 11.8. The normalized spacial score (nSPS) is 12.6. The average Bonchev–Trinajstić information content (AvgIpc) is 2.28. The second-order valence-corrected chi connectivity index (χ2v) is 5.36. The number of aliphatic hydroxyl groups excluding tert-OH is 1. The molecule has 4 heteroatoms. The number of carbonyl (C=O) groups is 1. The molecule has 0 bridgehead atoms. The summed E-state index contributed by atoms with van der Waals surface area (Å²) >= 11 is 5.96. The van der Waals surface area contributed by atoms with Crippen molar-refractivity contribution in [3.8, 4) is 0 Å². The first-order valence-corrected chi connectivity index (χ1v) is 6.50. The average molecular weight is 270 g/mol. The number of halogens is 1. The van der Waals surface area contributed by atoms with Gasteiger partial charge in [-0.25, -0.2) is 0 Å². The third kappa shape index (κ3) is 4.67. The van der Waals surface area contributed by atoms with Crippen LogP contribution in [-0.4, -0.2) is 23.7 Å². The van der Waals surface area contributed by atoms with Gasteiger partial charge in [-0.1, -0.05) is 31.5 Å². The van der Waals surface area contributed by atoms with E-state index < -0.39 is 6.10 Å². The summed E-state index contributed by atoms with van der Waals surface area (Å²) in [5.41, 5.74) is 1.45. The lowest BCUT2D eigenvalue weighted by Crippen LogP contribution is -2.32. The molecule has 1 rings (SSSR count). The minimum Gasteiger partial charge on any atom is -0.391 e. The van der Waals surface area contributed by atoms with E-state index in [1.807, 2.05) is 26.8 Å². The van der Waals surface area contributed by atoms with E-state index in [1.165, 1.54) is 0 Å². The summed E-state index contributed by atoms with van der Waals surface area (Å²) in [5, 5.41) is 13.0. The van der Waals surface area contributed by atoms with Crippen LogP contribution in [0.2, 0.25) is 5.02 Å². The minimum absolute atomic E-state index is 0.209. The molecule has 0 saturated heterocycles. The number of aliphatic hydroxyl groups is 1. The number of rotatable bonds is 5. The van der Waals surface area contributed by atoms with Gasteiger partial charge in [0.15, 0.2) is 0 Å². The molecule has 0 aliphatic heterocycles. The Balaban J connectivity index is 2.52. The molecule has 0 heterocycles. The van der Waals surface area contributed by atoms with E-state index in [1.54, 1.807) is 12.1 Å². The van der Waals surface area contributed by atoms with Crippen LogP contribution >= 0.6 is 11.6 Å². The molecule has 0 aliphatic carbocycles. The van der Waals surface area contributed by atoms with Gasteiger partial charge in [0.1, 0.15) is 0 Å². The van der Waals surface area contributed by atoms with Crippen LogP contribution in [0.3, 0.4) is 0 Å². The van der Waals surface area contributed by atoms with Crippen LogP contribution < -0.4 is 5.32 Å². The fraction of sp³-hybridized carbons (Fsp3) is 0.500. The van der Waals surface area contributed by atoms with E-state index in [4.69, 9.17) is 11.6 Å². The van der Waals surface area contributed by atoms with Crippen LogP contribution in [-0.2, 0) is 0 Å². The highest BCUT2D eigenvalue weighted by Crippen LogP contribution is 2.16. The molecule has 100 valence electrons. The number of nitrogens with one attached hydrogen (secondary N) is 1. The van der Waals surface area contributed by atoms with Crippen LogP contribution in [0.15, 0.2) is 18.2 Å². The molecule has 1 aromatic rings. The summed E-state index contributed by atoms with van der Waals surface area (Å²) in [5.74, 6) is 0.199. The van der Waals surface area contributed by atoms with Gasteiger partial charge in [-0.3, -0.25) is 4.79 Å². The molecule has 1 unspecified atom stereocenters. The van der Waals surface area contributed by atoms with Crippen molar-refractivity contribution in [3.63, 3.8) is 0 Å². The molecule has 1 atom stereocenters. The minimum atomic E-state index is -0.505. The fourth-order valence-electron chi connectivity index (χ4n) is 1.67. The number of benzene rings is 1. The number of hydrogen-bond acceptors (Lipinski definition) is 2. The maximum Gasteiger partial charge on any atom is 0.251 e. The van der Waals surface area contributed by atoms with Crippen LogP contribution in [0, 0.1) is 12.8 Å². The Hall–Kier alpha value is -1.06. The number of hydrogen-bond donors (Lipinski definition) is 2. The molecule has 1 amide bonds. The molecule has 0 saturated carbocycles. The first kappa shape index (κ1) is 15.0. The van der Waals surface area contributed by atoms with Gasteiger partial charge in [-0.15, -0.1) is 0 Å². The predicted octanol–water partition coefficient (Wildman–Crippen LogP) is 2.79. The van der Waals surface area contributed by atoms with Crippen molar-refractivity contribution in [1.29, 1.82) is 0 Å². The van der Waals surface area contributed by atoms with Gasteiger partial charge in [0.2, 0.25) is 0 Å². The van der Waals surface area contributed by atoms with Gasteiger partial charge in [0, 0.05) is 17.1 Å². The second kappa shape index (κ2) is 6.76. The SMILES string of the molecule is Cc1ccc(C(=O)NCC(O)CC(C)C)cc1Cl. The Morgan fingerprint density at radius 2 is 2.11 bits per heavy atom. The van der Waals surface area contributed by atoms with Crippen LogP contribution in [0.5, 0.6) is 0 Å². The molecule has 0 aromatic heterocycles. The molecule has 2 N–H and O–H groups in total. The summed E-state index contributed by atoms with van der Waals surface area (Å²) in [6.45, 7) is 6.22. The van der Waals surface area contributed by atoms with E-state index in [2.05, 4.69) is 5.32 Å². The lowest BCUT2D eigenvalue weighted by molar-refractivity contribution is 0.0900. The van der Waals surface area contributed by atoms with Crippen molar-refractivity contribution in [2.24, 2.45) is 5.92 Å². The molecule has 1 aromatic carbocycles. The van der Waals surface area contributed by atoms with Gasteiger partial charge in [0.25, 0.3) is 5.91 Å². The van der Waals surface area contributed by atoms with E-state index in [0.29, 0.717) is 22.9 Å². The highest BCUT2D eigenvalue weighted by molar-refractivity contribution is 6.31. The van der Waals surface area contributed by atoms with Crippen LogP contribution in [0.25, 0.3) is 0 Å². The zero-order valence-electron chi connectivity index (χ0n) is 11.0. The van der Waals surface area contributed by atoms with Crippen molar-refractivity contribution < 1.29 is 9.90 Å². The number of aryl methyl sites for hydroxylation is 1. The lowest BCUT2D eigenvalue weighted by atomic mass is 10.1. The number of amides is 1. The zero-order valence-corrected chi connectivity index (χ0v) is 11.8. The Bertz CT molecular complexity index is 418. The highest BCUT2D eigenvalue weighted by atomic mass is 35.5. The topological polar surface area (TPSA) is 49.3 Å². The van der Waals surface area contributed by atoms with Crippen molar-refractivity contribution in [1.82, 2.24) is 5.32 Å². The van der Waals surface area contributed by atoms with E-state index >= 15 is 0 Å². The Morgan fingerprint density at radius 3 is 2.67 bits per heavy atom. The zero-order chi connectivity index (χ0) is 13.7. The first-order chi connectivity index (χ1) is 8.40. The van der Waals surface area contributed by atoms with Gasteiger partial charge >= 0.3 is 0 Å². The lowest BCUT2D eigenvalue weighted by Gasteiger charge is -2.14. The quantitative estimate of drug-likeness (QED) is 0.864. The molecule has 0 aliphatic rings. The summed E-state index contributed by atoms with van der Waals surface area (Å²) in [6.07, 6.45) is 0.171. The van der Waals surface area contributed by atoms with E-state index in [9.17, 15) is 9.90 Å². The Morgan fingerprint density at radius 1 is 1.44 bits per heavy atom. The Kier molecular flexibility index (Phi) is 5.63. The van der Waals surface area contributed by atoms with Crippen molar-refractivity contribution >= 4 is 17.5 Å². The third-order valence-electron chi connectivity index (χ3n) is 2.68. The second-order valence-electron chi connectivity index (χ2n) is 4.96. The maximum absolute atomic E-state index is 11.8. The summed E-state index contributed by atoms with van der Waals surface area (Å²) < 4.78 is 0. The molecule has 0 fully saturated rings. The molecule has 3 nitrogen and oxygen atoms in total. The third-order valence-corrected chi connectivity index (χ3v) is 3.08. The predicted molar refractivity (Wildman–Crippen MR) is 74.0 cm³/mol.